The lowest BCUT2D eigenvalue weighted by atomic mass is 10.0. The number of carbonyl (C=O) groups excluding carboxylic acids is 1. The standard InChI is InChI=1S/C20H23NO3/c1-13-4-7-17(10-14(13)2)15(3)21-20(22)9-6-16-5-8-18-19(11-16)24-12-23-18/h4-5,7-8,10-11,15H,6,9,12H2,1-3H3,(H,21,22)/t15-/m1/s1. The lowest BCUT2D eigenvalue weighted by Crippen LogP contribution is -2.26. The normalized spacial score (nSPS) is 13.6. The molecule has 1 aliphatic rings. The van der Waals surface area contributed by atoms with E-state index in [1.807, 2.05) is 25.1 Å². The van der Waals surface area contributed by atoms with E-state index in [0.29, 0.717) is 12.8 Å². The summed E-state index contributed by atoms with van der Waals surface area (Å²) in [6.07, 6.45) is 1.14. The number of rotatable bonds is 5. The van der Waals surface area contributed by atoms with Crippen LogP contribution in [0.15, 0.2) is 36.4 Å². The van der Waals surface area contributed by atoms with E-state index in [0.717, 1.165) is 22.6 Å². The molecular formula is C20H23NO3. The molecule has 24 heavy (non-hydrogen) atoms. The van der Waals surface area contributed by atoms with Crippen molar-refractivity contribution in [3.63, 3.8) is 0 Å². The van der Waals surface area contributed by atoms with Gasteiger partial charge in [0.05, 0.1) is 6.04 Å². The second-order valence-corrected chi connectivity index (χ2v) is 6.32. The quantitative estimate of drug-likeness (QED) is 0.908. The van der Waals surface area contributed by atoms with Crippen molar-refractivity contribution in [1.82, 2.24) is 5.32 Å². The van der Waals surface area contributed by atoms with Crippen LogP contribution < -0.4 is 14.8 Å². The number of nitrogens with one attached hydrogen (secondary N) is 1. The SMILES string of the molecule is Cc1ccc([C@@H](C)NC(=O)CCc2ccc3c(c2)OCO3)cc1C. The summed E-state index contributed by atoms with van der Waals surface area (Å²) in [6, 6.07) is 12.1. The summed E-state index contributed by atoms with van der Waals surface area (Å²) in [6.45, 7) is 6.47. The molecule has 1 aliphatic heterocycles. The number of fused-ring (bicyclic) bond motifs is 1. The molecule has 0 radical (unpaired) electrons. The van der Waals surface area contributed by atoms with E-state index in [2.05, 4.69) is 37.4 Å². The highest BCUT2D eigenvalue weighted by Gasteiger charge is 2.14. The molecule has 1 amide bonds. The first kappa shape index (κ1) is 16.4. The molecule has 1 atom stereocenters. The van der Waals surface area contributed by atoms with Gasteiger partial charge < -0.3 is 14.8 Å². The maximum Gasteiger partial charge on any atom is 0.231 e. The minimum absolute atomic E-state index is 0.00792. The smallest absolute Gasteiger partial charge is 0.231 e. The molecule has 2 aromatic carbocycles. The predicted octanol–water partition coefficient (Wildman–Crippen LogP) is 3.84. The first-order chi connectivity index (χ1) is 11.5. The van der Waals surface area contributed by atoms with Crippen LogP contribution in [0.4, 0.5) is 0 Å². The van der Waals surface area contributed by atoms with Crippen LogP contribution in [0.2, 0.25) is 0 Å². The first-order valence-electron chi connectivity index (χ1n) is 8.28. The number of hydrogen-bond donors (Lipinski definition) is 1. The Morgan fingerprint density at radius 2 is 1.88 bits per heavy atom. The molecule has 126 valence electrons. The molecule has 4 heteroatoms. The Morgan fingerprint density at radius 3 is 2.67 bits per heavy atom. The van der Waals surface area contributed by atoms with Gasteiger partial charge in [-0.15, -0.1) is 0 Å². The number of aryl methyl sites for hydroxylation is 3. The minimum atomic E-state index is 0.00792. The van der Waals surface area contributed by atoms with Crippen molar-refractivity contribution in [3.05, 3.63) is 58.7 Å². The summed E-state index contributed by atoms with van der Waals surface area (Å²) in [4.78, 5) is 12.2. The number of ether oxygens (including phenoxy) is 2. The van der Waals surface area contributed by atoms with E-state index in [9.17, 15) is 4.79 Å². The van der Waals surface area contributed by atoms with Crippen molar-refractivity contribution in [2.45, 2.75) is 39.7 Å². The molecule has 0 spiro atoms. The summed E-state index contributed by atoms with van der Waals surface area (Å²) in [7, 11) is 0. The fraction of sp³-hybridized carbons (Fsp3) is 0.350. The highest BCUT2D eigenvalue weighted by molar-refractivity contribution is 5.76. The number of carbonyl (C=O) groups is 1. The fourth-order valence-corrected chi connectivity index (χ4v) is 2.79. The summed E-state index contributed by atoms with van der Waals surface area (Å²) < 4.78 is 10.7. The van der Waals surface area contributed by atoms with E-state index in [-0.39, 0.29) is 18.7 Å². The van der Waals surface area contributed by atoms with E-state index in [4.69, 9.17) is 9.47 Å². The van der Waals surface area contributed by atoms with Crippen molar-refractivity contribution in [2.75, 3.05) is 6.79 Å². The van der Waals surface area contributed by atoms with Gasteiger partial charge in [-0.1, -0.05) is 24.3 Å². The van der Waals surface area contributed by atoms with Gasteiger partial charge in [0.2, 0.25) is 12.7 Å². The Morgan fingerprint density at radius 1 is 1.08 bits per heavy atom. The largest absolute Gasteiger partial charge is 0.454 e. The van der Waals surface area contributed by atoms with Crippen LogP contribution in [0.1, 0.15) is 41.6 Å². The van der Waals surface area contributed by atoms with Crippen LogP contribution >= 0.6 is 0 Å². The Labute approximate surface area is 142 Å². The Balaban J connectivity index is 1.54. The van der Waals surface area contributed by atoms with Gasteiger partial charge in [-0.3, -0.25) is 4.79 Å². The number of hydrogen-bond acceptors (Lipinski definition) is 3. The minimum Gasteiger partial charge on any atom is -0.454 e. The van der Waals surface area contributed by atoms with Crippen LogP contribution in [0, 0.1) is 13.8 Å². The molecule has 2 aromatic rings. The van der Waals surface area contributed by atoms with Crippen LogP contribution in [-0.2, 0) is 11.2 Å². The van der Waals surface area contributed by atoms with Gasteiger partial charge in [0, 0.05) is 6.42 Å². The van der Waals surface area contributed by atoms with Gasteiger partial charge in [0.1, 0.15) is 0 Å². The first-order valence-corrected chi connectivity index (χ1v) is 8.28. The lowest BCUT2D eigenvalue weighted by molar-refractivity contribution is -0.121. The van der Waals surface area contributed by atoms with Crippen LogP contribution in [0.5, 0.6) is 11.5 Å². The third-order valence-corrected chi connectivity index (χ3v) is 4.49. The third kappa shape index (κ3) is 3.70. The van der Waals surface area contributed by atoms with E-state index in [1.54, 1.807) is 0 Å². The molecule has 4 nitrogen and oxygen atoms in total. The highest BCUT2D eigenvalue weighted by Crippen LogP contribution is 2.32. The molecule has 3 rings (SSSR count). The maximum absolute atomic E-state index is 12.2. The van der Waals surface area contributed by atoms with E-state index < -0.39 is 0 Å². The van der Waals surface area contributed by atoms with Crippen LogP contribution in [0.3, 0.4) is 0 Å². The molecule has 1 N–H and O–H groups in total. The summed E-state index contributed by atoms with van der Waals surface area (Å²) in [5, 5.41) is 3.07. The molecule has 0 saturated heterocycles. The molecule has 0 bridgehead atoms. The number of amides is 1. The molecule has 0 aromatic heterocycles. The molecule has 0 saturated carbocycles. The zero-order valence-corrected chi connectivity index (χ0v) is 14.4. The Hall–Kier alpha value is -2.49. The van der Waals surface area contributed by atoms with Crippen molar-refractivity contribution in [2.24, 2.45) is 0 Å². The van der Waals surface area contributed by atoms with Crippen molar-refractivity contribution in [3.8, 4) is 11.5 Å². The summed E-state index contributed by atoms with van der Waals surface area (Å²) in [5.74, 6) is 1.58. The summed E-state index contributed by atoms with van der Waals surface area (Å²) >= 11 is 0. The average molecular weight is 325 g/mol. The highest BCUT2D eigenvalue weighted by atomic mass is 16.7. The lowest BCUT2D eigenvalue weighted by Gasteiger charge is -2.16. The zero-order chi connectivity index (χ0) is 17.1. The van der Waals surface area contributed by atoms with Crippen molar-refractivity contribution >= 4 is 5.91 Å². The van der Waals surface area contributed by atoms with Gasteiger partial charge in [-0.2, -0.15) is 0 Å². The topological polar surface area (TPSA) is 47.6 Å². The third-order valence-electron chi connectivity index (χ3n) is 4.49. The van der Waals surface area contributed by atoms with Crippen LogP contribution in [-0.4, -0.2) is 12.7 Å². The van der Waals surface area contributed by atoms with Gasteiger partial charge in [-0.25, -0.2) is 0 Å². The second-order valence-electron chi connectivity index (χ2n) is 6.32. The van der Waals surface area contributed by atoms with Gasteiger partial charge in [0.15, 0.2) is 11.5 Å². The molecule has 0 fully saturated rings. The average Bonchev–Trinajstić information content (AvgIpc) is 3.03. The monoisotopic (exact) mass is 325 g/mol. The van der Waals surface area contributed by atoms with E-state index >= 15 is 0 Å². The van der Waals surface area contributed by atoms with Crippen LogP contribution in [0.25, 0.3) is 0 Å². The fourth-order valence-electron chi connectivity index (χ4n) is 2.79. The second kappa shape index (κ2) is 6.95. The Bertz CT molecular complexity index is 755. The molecule has 0 unspecified atom stereocenters. The zero-order valence-electron chi connectivity index (χ0n) is 14.4. The van der Waals surface area contributed by atoms with Gasteiger partial charge in [-0.05, 0) is 61.6 Å². The van der Waals surface area contributed by atoms with Crippen molar-refractivity contribution in [1.29, 1.82) is 0 Å². The number of benzene rings is 2. The molecule has 0 aliphatic carbocycles. The van der Waals surface area contributed by atoms with Crippen molar-refractivity contribution < 1.29 is 14.3 Å². The molecule has 1 heterocycles. The van der Waals surface area contributed by atoms with Gasteiger partial charge in [0.25, 0.3) is 0 Å². The predicted molar refractivity (Wildman–Crippen MR) is 93.4 cm³/mol. The van der Waals surface area contributed by atoms with Gasteiger partial charge >= 0.3 is 0 Å². The van der Waals surface area contributed by atoms with E-state index in [1.165, 1.54) is 11.1 Å². The maximum atomic E-state index is 12.2. The summed E-state index contributed by atoms with van der Waals surface area (Å²) in [5.41, 5.74) is 4.72. The Kier molecular flexibility index (Phi) is 4.74. The molecular weight excluding hydrogens is 302 g/mol.